The van der Waals surface area contributed by atoms with Crippen molar-refractivity contribution in [2.24, 2.45) is 0 Å². The monoisotopic (exact) mass is 272 g/mol. The van der Waals surface area contributed by atoms with Crippen LogP contribution in [0.2, 0.25) is 0 Å². The van der Waals surface area contributed by atoms with E-state index < -0.39 is 0 Å². The average Bonchev–Trinajstić information content (AvgIpc) is 2.32. The Morgan fingerprint density at radius 3 is 1.37 bits per heavy atom. The van der Waals surface area contributed by atoms with E-state index in [4.69, 9.17) is 0 Å². The molecule has 2 nitrogen and oxygen atoms in total. The summed E-state index contributed by atoms with van der Waals surface area (Å²) in [5, 5.41) is 0. The van der Waals surface area contributed by atoms with Crippen LogP contribution in [0, 0.1) is 0 Å². The van der Waals surface area contributed by atoms with Gasteiger partial charge in [0.2, 0.25) is 0 Å². The molecule has 19 heavy (non-hydrogen) atoms. The van der Waals surface area contributed by atoms with Crippen LogP contribution in [0.1, 0.15) is 58.8 Å². The maximum absolute atomic E-state index is 2.48. The van der Waals surface area contributed by atoms with E-state index in [2.05, 4.69) is 42.0 Å². The molecule has 0 aromatic rings. The van der Waals surface area contributed by atoms with Crippen molar-refractivity contribution in [1.82, 2.24) is 0 Å². The Labute approximate surface area is 123 Å². The summed E-state index contributed by atoms with van der Waals surface area (Å²) in [6, 6.07) is 0. The molecule has 0 N–H and O–H groups in total. The molecule has 0 atom stereocenters. The summed E-state index contributed by atoms with van der Waals surface area (Å²) < 4.78 is 2.42. The van der Waals surface area contributed by atoms with Crippen molar-refractivity contribution in [3.63, 3.8) is 0 Å². The average molecular weight is 273 g/mol. The molecular weight excluding hydrogens is 232 g/mol. The van der Waals surface area contributed by atoms with Gasteiger partial charge in [-0.1, -0.05) is 26.7 Å². The van der Waals surface area contributed by atoms with E-state index in [0.717, 1.165) is 4.48 Å². The molecule has 0 radical (unpaired) electrons. The van der Waals surface area contributed by atoms with Crippen LogP contribution >= 0.6 is 0 Å². The third-order valence-electron chi connectivity index (χ3n) is 4.13. The Balaban J connectivity index is 3.91. The van der Waals surface area contributed by atoms with Gasteiger partial charge in [-0.15, -0.1) is 0 Å². The van der Waals surface area contributed by atoms with Crippen LogP contribution in [0.25, 0.3) is 0 Å². The molecular formula is C17H40N2+2. The highest BCUT2D eigenvalue weighted by molar-refractivity contribution is 4.46. The van der Waals surface area contributed by atoms with Crippen LogP contribution < -0.4 is 0 Å². The Hall–Kier alpha value is -0.0800. The van der Waals surface area contributed by atoms with Gasteiger partial charge in [0.25, 0.3) is 0 Å². The molecule has 0 aliphatic carbocycles. The van der Waals surface area contributed by atoms with Gasteiger partial charge in [-0.2, -0.15) is 0 Å². The first-order valence-corrected chi connectivity index (χ1v) is 8.47. The maximum atomic E-state index is 2.48. The molecule has 0 saturated heterocycles. The minimum Gasteiger partial charge on any atom is -0.331 e. The highest BCUT2D eigenvalue weighted by Gasteiger charge is 2.19. The van der Waals surface area contributed by atoms with Gasteiger partial charge in [0.05, 0.1) is 54.4 Å². The third-order valence-corrected chi connectivity index (χ3v) is 4.13. The van der Waals surface area contributed by atoms with Gasteiger partial charge < -0.3 is 8.97 Å². The highest BCUT2D eigenvalue weighted by atomic mass is 15.3. The molecule has 0 saturated carbocycles. The van der Waals surface area contributed by atoms with Gasteiger partial charge in [0.15, 0.2) is 0 Å². The minimum atomic E-state index is 1.11. The molecule has 0 fully saturated rings. The van der Waals surface area contributed by atoms with Crippen molar-refractivity contribution in [3.05, 3.63) is 0 Å². The van der Waals surface area contributed by atoms with Gasteiger partial charge in [0, 0.05) is 0 Å². The van der Waals surface area contributed by atoms with Crippen molar-refractivity contribution < 1.29 is 8.97 Å². The van der Waals surface area contributed by atoms with Crippen LogP contribution in [0.3, 0.4) is 0 Å². The predicted octanol–water partition coefficient (Wildman–Crippen LogP) is 3.91. The number of rotatable bonds is 12. The summed E-state index contributed by atoms with van der Waals surface area (Å²) in [6.07, 6.45) is 9.64. The Kier molecular flexibility index (Phi) is 9.72. The van der Waals surface area contributed by atoms with Gasteiger partial charge in [-0.05, 0) is 32.1 Å². The number of hydrogen-bond acceptors (Lipinski definition) is 0. The third kappa shape index (κ3) is 11.4. The first-order valence-electron chi connectivity index (χ1n) is 8.47. The van der Waals surface area contributed by atoms with E-state index >= 15 is 0 Å². The molecule has 116 valence electrons. The van der Waals surface area contributed by atoms with Gasteiger partial charge >= 0.3 is 0 Å². The molecule has 0 aliphatic heterocycles. The second-order valence-corrected chi connectivity index (χ2v) is 7.57. The number of unbranched alkanes of at least 4 members (excludes halogenated alkanes) is 4. The Bertz CT molecular complexity index is 198. The fourth-order valence-corrected chi connectivity index (χ4v) is 2.67. The van der Waals surface area contributed by atoms with E-state index in [1.54, 1.807) is 0 Å². The normalized spacial score (nSPS) is 12.9. The fraction of sp³-hybridized carbons (Fsp3) is 1.00. The lowest BCUT2D eigenvalue weighted by atomic mass is 10.1. The molecule has 0 heterocycles. The van der Waals surface area contributed by atoms with E-state index in [9.17, 15) is 0 Å². The smallest absolute Gasteiger partial charge is 0.0784 e. The number of hydrogen-bond donors (Lipinski definition) is 0. The summed E-state index contributed by atoms with van der Waals surface area (Å²) in [5.41, 5.74) is 0. The molecule has 0 aromatic heterocycles. The zero-order valence-corrected chi connectivity index (χ0v) is 14.7. The summed E-state index contributed by atoms with van der Waals surface area (Å²) in [5.74, 6) is 0. The first kappa shape index (κ1) is 18.9. The number of nitrogens with zero attached hydrogens (tertiary/aromatic N) is 2. The second-order valence-electron chi connectivity index (χ2n) is 7.57. The largest absolute Gasteiger partial charge is 0.331 e. The van der Waals surface area contributed by atoms with Crippen molar-refractivity contribution >= 4 is 0 Å². The molecule has 0 bridgehead atoms. The topological polar surface area (TPSA) is 0 Å². The Morgan fingerprint density at radius 2 is 0.947 bits per heavy atom. The highest BCUT2D eigenvalue weighted by Crippen LogP contribution is 2.12. The van der Waals surface area contributed by atoms with Crippen molar-refractivity contribution in [3.8, 4) is 0 Å². The summed E-state index contributed by atoms with van der Waals surface area (Å²) in [7, 11) is 9.36. The minimum absolute atomic E-state index is 1.11. The van der Waals surface area contributed by atoms with Crippen LogP contribution in [-0.4, -0.2) is 63.3 Å². The molecule has 0 aliphatic rings. The number of quaternary nitrogens is 2. The Morgan fingerprint density at radius 1 is 0.526 bits per heavy atom. The van der Waals surface area contributed by atoms with Crippen molar-refractivity contribution in [2.75, 3.05) is 54.4 Å². The van der Waals surface area contributed by atoms with Gasteiger partial charge in [-0.3, -0.25) is 0 Å². The van der Waals surface area contributed by atoms with E-state index in [0.29, 0.717) is 0 Å². The lowest BCUT2D eigenvalue weighted by Gasteiger charge is -2.35. The fourth-order valence-electron chi connectivity index (χ4n) is 2.67. The molecule has 0 unspecified atom stereocenters. The quantitative estimate of drug-likeness (QED) is 0.373. The lowest BCUT2D eigenvalue weighted by Crippen LogP contribution is -2.46. The molecule has 0 spiro atoms. The van der Waals surface area contributed by atoms with Gasteiger partial charge in [0.1, 0.15) is 0 Å². The summed E-state index contributed by atoms with van der Waals surface area (Å²) >= 11 is 0. The van der Waals surface area contributed by atoms with Crippen LogP contribution in [-0.2, 0) is 0 Å². The molecule has 0 amide bonds. The van der Waals surface area contributed by atoms with Crippen LogP contribution in [0.4, 0.5) is 0 Å². The second kappa shape index (κ2) is 9.77. The van der Waals surface area contributed by atoms with E-state index in [-0.39, 0.29) is 0 Å². The zero-order chi connectivity index (χ0) is 14.8. The molecule has 2 heteroatoms. The SMILES string of the molecule is CCCC[N+](C)(CCCC)CCCCC[N+](C)(C)C. The summed E-state index contributed by atoms with van der Waals surface area (Å²) in [6.45, 7) is 10.1. The van der Waals surface area contributed by atoms with Gasteiger partial charge in [-0.25, -0.2) is 0 Å². The molecule has 0 aromatic carbocycles. The van der Waals surface area contributed by atoms with Crippen molar-refractivity contribution in [1.29, 1.82) is 0 Å². The van der Waals surface area contributed by atoms with Crippen LogP contribution in [0.15, 0.2) is 0 Å². The van der Waals surface area contributed by atoms with E-state index in [1.165, 1.54) is 75.6 Å². The standard InChI is InChI=1S/C17H40N2/c1-7-9-15-19(6,16-10-8-2)17-13-11-12-14-18(3,4)5/h7-17H2,1-6H3/q+2. The van der Waals surface area contributed by atoms with Crippen LogP contribution in [0.5, 0.6) is 0 Å². The lowest BCUT2D eigenvalue weighted by molar-refractivity contribution is -0.910. The maximum Gasteiger partial charge on any atom is 0.0784 e. The zero-order valence-electron chi connectivity index (χ0n) is 14.7. The first-order chi connectivity index (χ1) is 8.83. The summed E-state index contributed by atoms with van der Waals surface area (Å²) in [4.78, 5) is 0. The predicted molar refractivity (Wildman–Crippen MR) is 87.4 cm³/mol. The molecule has 0 rings (SSSR count). The van der Waals surface area contributed by atoms with Crippen molar-refractivity contribution in [2.45, 2.75) is 58.8 Å². The van der Waals surface area contributed by atoms with E-state index in [1.807, 2.05) is 0 Å².